The molecule has 1 aromatic rings. The second kappa shape index (κ2) is 5.45. The van der Waals surface area contributed by atoms with Gasteiger partial charge in [-0.3, -0.25) is 4.99 Å². The Morgan fingerprint density at radius 2 is 1.59 bits per heavy atom. The van der Waals surface area contributed by atoms with Crippen molar-refractivity contribution >= 4 is 22.9 Å². The molecule has 1 atom stereocenters. The van der Waals surface area contributed by atoms with E-state index in [2.05, 4.69) is 77.6 Å². The van der Waals surface area contributed by atoms with Crippen LogP contribution in [-0.4, -0.2) is 21.3 Å². The summed E-state index contributed by atoms with van der Waals surface area (Å²) in [5, 5.41) is 0. The van der Waals surface area contributed by atoms with Gasteiger partial charge in [-0.2, -0.15) is 0 Å². The van der Waals surface area contributed by atoms with E-state index in [-0.39, 0.29) is 16.5 Å². The quantitative estimate of drug-likeness (QED) is 0.707. The lowest BCUT2D eigenvalue weighted by atomic mass is 9.81. The molecule has 0 saturated heterocycles. The van der Waals surface area contributed by atoms with Crippen LogP contribution in [0.3, 0.4) is 0 Å². The summed E-state index contributed by atoms with van der Waals surface area (Å²) in [4.78, 5) is 8.32. The fraction of sp³-hybridized carbons (Fsp3) is 0.579. The predicted molar refractivity (Wildman–Crippen MR) is 99.3 cm³/mol. The fourth-order valence-corrected chi connectivity index (χ4v) is 3.30. The summed E-state index contributed by atoms with van der Waals surface area (Å²) in [6, 6.07) is 10.5. The molecule has 0 bridgehead atoms. The third-order valence-electron chi connectivity index (χ3n) is 4.62. The fourth-order valence-electron chi connectivity index (χ4n) is 2.70. The molecule has 22 heavy (non-hydrogen) atoms. The summed E-state index contributed by atoms with van der Waals surface area (Å²) in [5.41, 5.74) is 1.97. The monoisotopic (exact) mass is 316 g/mol. The van der Waals surface area contributed by atoms with Crippen LogP contribution < -0.4 is 0 Å². The Kier molecular flexibility index (Phi) is 4.25. The highest BCUT2D eigenvalue weighted by molar-refractivity contribution is 7.82. The smallest absolute Gasteiger partial charge is 0.135 e. The van der Waals surface area contributed by atoms with Gasteiger partial charge < -0.3 is 4.90 Å². The number of hydrogen-bond donors (Lipinski definition) is 0. The van der Waals surface area contributed by atoms with Crippen molar-refractivity contribution in [1.82, 2.24) is 4.90 Å². The first kappa shape index (κ1) is 17.1. The number of rotatable bonds is 2. The van der Waals surface area contributed by atoms with Gasteiger partial charge in [-0.1, -0.05) is 84.1 Å². The van der Waals surface area contributed by atoms with E-state index in [4.69, 9.17) is 17.2 Å². The minimum Gasteiger partial charge on any atom is -0.332 e. The lowest BCUT2D eigenvalue weighted by molar-refractivity contribution is 0.0755. The van der Waals surface area contributed by atoms with Gasteiger partial charge in [0.05, 0.1) is 5.71 Å². The van der Waals surface area contributed by atoms with E-state index < -0.39 is 0 Å². The zero-order chi connectivity index (χ0) is 16.8. The van der Waals surface area contributed by atoms with Crippen LogP contribution >= 0.6 is 12.2 Å². The van der Waals surface area contributed by atoms with Crippen LogP contribution in [0.25, 0.3) is 0 Å². The van der Waals surface area contributed by atoms with Gasteiger partial charge in [0.25, 0.3) is 0 Å². The summed E-state index contributed by atoms with van der Waals surface area (Å²) >= 11 is 5.82. The molecule has 0 amide bonds. The summed E-state index contributed by atoms with van der Waals surface area (Å²) in [6.07, 6.45) is 0. The molecule has 0 saturated carbocycles. The van der Waals surface area contributed by atoms with Crippen molar-refractivity contribution in [3.05, 3.63) is 35.9 Å². The van der Waals surface area contributed by atoms with Gasteiger partial charge in [0.1, 0.15) is 10.7 Å². The first-order valence-corrected chi connectivity index (χ1v) is 8.34. The Morgan fingerprint density at radius 1 is 1.05 bits per heavy atom. The Hall–Kier alpha value is -1.22. The molecule has 0 radical (unpaired) electrons. The van der Waals surface area contributed by atoms with Crippen LogP contribution in [0.5, 0.6) is 0 Å². The third kappa shape index (κ3) is 2.96. The van der Waals surface area contributed by atoms with E-state index in [1.54, 1.807) is 0 Å². The van der Waals surface area contributed by atoms with Gasteiger partial charge in [0, 0.05) is 17.4 Å². The van der Waals surface area contributed by atoms with Crippen molar-refractivity contribution in [2.24, 2.45) is 15.8 Å². The first-order valence-electron chi connectivity index (χ1n) is 7.93. The number of aliphatic imine (C=N–C) groups is 1. The summed E-state index contributed by atoms with van der Waals surface area (Å²) in [5.74, 6) is 0. The molecular formula is C19H28N2S. The molecule has 0 N–H and O–H groups in total. The van der Waals surface area contributed by atoms with Gasteiger partial charge in [0.15, 0.2) is 0 Å². The van der Waals surface area contributed by atoms with Gasteiger partial charge in [-0.15, -0.1) is 0 Å². The molecule has 2 nitrogen and oxygen atoms in total. The average Bonchev–Trinajstić information content (AvgIpc) is 2.65. The maximum atomic E-state index is 5.82. The molecule has 0 aromatic heterocycles. The van der Waals surface area contributed by atoms with Gasteiger partial charge in [-0.05, 0) is 12.5 Å². The van der Waals surface area contributed by atoms with E-state index in [0.29, 0.717) is 0 Å². The predicted octanol–water partition coefficient (Wildman–Crippen LogP) is 5.08. The minimum atomic E-state index is -0.317. The van der Waals surface area contributed by atoms with Crippen LogP contribution in [0.15, 0.2) is 35.3 Å². The van der Waals surface area contributed by atoms with Crippen molar-refractivity contribution in [2.75, 3.05) is 0 Å². The highest BCUT2D eigenvalue weighted by atomic mass is 32.1. The molecule has 0 spiro atoms. The number of thiocarbonyl (C=S) groups is 1. The first-order chi connectivity index (χ1) is 9.97. The van der Waals surface area contributed by atoms with E-state index in [0.717, 1.165) is 17.2 Å². The van der Waals surface area contributed by atoms with Crippen LogP contribution in [0, 0.1) is 10.8 Å². The SMILES string of the molecule is CC(C)(C)C1=NC(C)(C(C)(C)C)N(Cc2ccccc2)C1=S. The van der Waals surface area contributed by atoms with Crippen molar-refractivity contribution in [3.8, 4) is 0 Å². The molecule has 0 aliphatic carbocycles. The largest absolute Gasteiger partial charge is 0.332 e. The van der Waals surface area contributed by atoms with E-state index >= 15 is 0 Å². The van der Waals surface area contributed by atoms with Crippen LogP contribution in [0.4, 0.5) is 0 Å². The van der Waals surface area contributed by atoms with Crippen LogP contribution in [0.2, 0.25) is 0 Å². The van der Waals surface area contributed by atoms with Gasteiger partial charge in [0.2, 0.25) is 0 Å². The lowest BCUT2D eigenvalue weighted by Gasteiger charge is -2.44. The minimum absolute atomic E-state index is 0.00115. The molecule has 1 aliphatic rings. The molecule has 0 fully saturated rings. The van der Waals surface area contributed by atoms with Crippen molar-refractivity contribution < 1.29 is 0 Å². The molecule has 1 aliphatic heterocycles. The van der Waals surface area contributed by atoms with Crippen molar-refractivity contribution in [1.29, 1.82) is 0 Å². The van der Waals surface area contributed by atoms with Crippen molar-refractivity contribution in [3.63, 3.8) is 0 Å². The Balaban J connectivity index is 2.46. The van der Waals surface area contributed by atoms with Crippen LogP contribution in [-0.2, 0) is 6.54 Å². The zero-order valence-electron chi connectivity index (χ0n) is 14.9. The molecule has 1 heterocycles. The highest BCUT2D eigenvalue weighted by Gasteiger charge is 2.50. The maximum Gasteiger partial charge on any atom is 0.135 e. The van der Waals surface area contributed by atoms with E-state index in [1.165, 1.54) is 5.56 Å². The molecule has 2 rings (SSSR count). The Morgan fingerprint density at radius 3 is 2.05 bits per heavy atom. The second-order valence-electron chi connectivity index (χ2n) is 8.36. The van der Waals surface area contributed by atoms with Gasteiger partial charge in [-0.25, -0.2) is 0 Å². The topological polar surface area (TPSA) is 15.6 Å². The van der Waals surface area contributed by atoms with Crippen molar-refractivity contribution in [2.45, 2.75) is 60.7 Å². The summed E-state index contributed by atoms with van der Waals surface area (Å²) in [7, 11) is 0. The summed E-state index contributed by atoms with van der Waals surface area (Å²) < 4.78 is 0. The molecule has 3 heteroatoms. The average molecular weight is 317 g/mol. The zero-order valence-corrected chi connectivity index (χ0v) is 15.7. The number of nitrogens with zero attached hydrogens (tertiary/aromatic N) is 2. The Bertz CT molecular complexity index is 590. The molecule has 120 valence electrons. The normalized spacial score (nSPS) is 23.0. The molecule has 1 unspecified atom stereocenters. The summed E-state index contributed by atoms with van der Waals surface area (Å²) in [6.45, 7) is 16.3. The lowest BCUT2D eigenvalue weighted by Crippen LogP contribution is -2.52. The maximum absolute atomic E-state index is 5.82. The highest BCUT2D eigenvalue weighted by Crippen LogP contribution is 2.43. The van der Waals surface area contributed by atoms with Gasteiger partial charge >= 0.3 is 0 Å². The number of benzene rings is 1. The van der Waals surface area contributed by atoms with E-state index in [1.807, 2.05) is 6.07 Å². The standard InChI is InChI=1S/C19H28N2S/c1-17(2,3)15-16(22)21(13-14-11-9-8-10-12-14)19(7,20-15)18(4,5)6/h8-12H,13H2,1-7H3. The molecule has 1 aromatic carbocycles. The second-order valence-corrected chi connectivity index (χ2v) is 8.74. The van der Waals surface area contributed by atoms with Crippen LogP contribution in [0.1, 0.15) is 54.0 Å². The number of hydrogen-bond acceptors (Lipinski definition) is 2. The Labute approximate surface area is 140 Å². The van der Waals surface area contributed by atoms with E-state index in [9.17, 15) is 0 Å². The molecular weight excluding hydrogens is 288 g/mol. The third-order valence-corrected chi connectivity index (χ3v) is 5.03.